The van der Waals surface area contributed by atoms with Crippen molar-refractivity contribution in [2.24, 2.45) is 0 Å². The molecular weight excluding hydrogens is 344 g/mol. The van der Waals surface area contributed by atoms with Crippen LogP contribution in [-0.4, -0.2) is 56.4 Å². The molecular formula is C19H20N6O2. The number of rotatable bonds is 3. The van der Waals surface area contributed by atoms with Gasteiger partial charge < -0.3 is 10.2 Å². The number of fused-ring (bicyclic) bond motifs is 1. The minimum atomic E-state index is -0.218. The van der Waals surface area contributed by atoms with Gasteiger partial charge in [-0.05, 0) is 31.5 Å². The Morgan fingerprint density at radius 2 is 2.04 bits per heavy atom. The van der Waals surface area contributed by atoms with Crippen molar-refractivity contribution in [2.75, 3.05) is 20.1 Å². The van der Waals surface area contributed by atoms with Gasteiger partial charge in [-0.1, -0.05) is 0 Å². The zero-order valence-electron chi connectivity index (χ0n) is 15.2. The van der Waals surface area contributed by atoms with Crippen LogP contribution in [0, 0.1) is 6.92 Å². The van der Waals surface area contributed by atoms with Crippen molar-refractivity contribution < 1.29 is 9.59 Å². The van der Waals surface area contributed by atoms with E-state index in [4.69, 9.17) is 0 Å². The van der Waals surface area contributed by atoms with Crippen LogP contribution in [0.25, 0.3) is 5.65 Å². The van der Waals surface area contributed by atoms with Gasteiger partial charge in [0.2, 0.25) is 0 Å². The Labute approximate surface area is 156 Å². The summed E-state index contributed by atoms with van der Waals surface area (Å²) in [5.74, 6) is -0.0955. The number of nitrogens with zero attached hydrogens (tertiary/aromatic N) is 5. The number of pyridine rings is 1. The standard InChI is InChI=1S/C19H20N6O2/c1-12-3-4-13(9-22-12)19(27)24-8-6-14(11-24)16-5-7-21-17-15(18(26)20-2)10-23-25(16)17/h3-5,7,9-10,14H,6,8,11H2,1-2H3,(H,20,26)/t14-/m0/s1. The Bertz CT molecular complexity index is 1010. The summed E-state index contributed by atoms with van der Waals surface area (Å²) < 4.78 is 1.71. The van der Waals surface area contributed by atoms with E-state index < -0.39 is 0 Å². The quantitative estimate of drug-likeness (QED) is 0.759. The second-order valence-electron chi connectivity index (χ2n) is 6.67. The Morgan fingerprint density at radius 3 is 2.78 bits per heavy atom. The highest BCUT2D eigenvalue weighted by Gasteiger charge is 2.30. The van der Waals surface area contributed by atoms with Gasteiger partial charge in [0.25, 0.3) is 11.8 Å². The number of carbonyl (C=O) groups is 2. The van der Waals surface area contributed by atoms with Gasteiger partial charge in [0, 0.05) is 44.1 Å². The van der Waals surface area contributed by atoms with E-state index in [1.807, 2.05) is 30.0 Å². The lowest BCUT2D eigenvalue weighted by Gasteiger charge is -2.17. The molecule has 1 fully saturated rings. The molecule has 8 nitrogen and oxygen atoms in total. The van der Waals surface area contributed by atoms with Crippen molar-refractivity contribution in [3.63, 3.8) is 0 Å². The zero-order valence-corrected chi connectivity index (χ0v) is 15.2. The highest BCUT2D eigenvalue weighted by atomic mass is 16.2. The first kappa shape index (κ1) is 17.1. The predicted octanol–water partition coefficient (Wildman–Crippen LogP) is 1.42. The Hall–Kier alpha value is -3.29. The van der Waals surface area contributed by atoms with E-state index in [1.165, 1.54) is 6.20 Å². The number of amides is 2. The van der Waals surface area contributed by atoms with E-state index in [0.717, 1.165) is 17.8 Å². The third kappa shape index (κ3) is 3.03. The smallest absolute Gasteiger partial charge is 0.256 e. The molecule has 27 heavy (non-hydrogen) atoms. The van der Waals surface area contributed by atoms with Gasteiger partial charge in [-0.3, -0.25) is 14.6 Å². The van der Waals surface area contributed by atoms with E-state index in [9.17, 15) is 9.59 Å². The van der Waals surface area contributed by atoms with Crippen molar-refractivity contribution >= 4 is 17.5 Å². The van der Waals surface area contributed by atoms with Crippen molar-refractivity contribution in [3.8, 4) is 0 Å². The normalized spacial score (nSPS) is 16.7. The van der Waals surface area contributed by atoms with Crippen LogP contribution in [0.5, 0.6) is 0 Å². The maximum atomic E-state index is 12.7. The molecule has 0 bridgehead atoms. The lowest BCUT2D eigenvalue weighted by atomic mass is 10.0. The topological polar surface area (TPSA) is 92.5 Å². The molecule has 0 aliphatic carbocycles. The van der Waals surface area contributed by atoms with E-state index in [1.54, 1.807) is 24.0 Å². The monoisotopic (exact) mass is 364 g/mol. The van der Waals surface area contributed by atoms with Gasteiger partial charge in [-0.2, -0.15) is 5.10 Å². The molecule has 3 aromatic rings. The number of carbonyl (C=O) groups excluding carboxylic acids is 2. The zero-order chi connectivity index (χ0) is 19.0. The third-order valence-electron chi connectivity index (χ3n) is 4.95. The van der Waals surface area contributed by atoms with Crippen LogP contribution in [0.1, 0.15) is 44.4 Å². The number of hydrogen-bond acceptors (Lipinski definition) is 5. The summed E-state index contributed by atoms with van der Waals surface area (Å²) >= 11 is 0. The van der Waals surface area contributed by atoms with Gasteiger partial charge in [0.05, 0.1) is 17.5 Å². The summed E-state index contributed by atoms with van der Waals surface area (Å²) in [6.07, 6.45) is 5.67. The number of hydrogen-bond donors (Lipinski definition) is 1. The molecule has 4 heterocycles. The largest absolute Gasteiger partial charge is 0.355 e. The Morgan fingerprint density at radius 1 is 1.19 bits per heavy atom. The van der Waals surface area contributed by atoms with Gasteiger partial charge in [0.1, 0.15) is 5.56 Å². The summed E-state index contributed by atoms with van der Waals surface area (Å²) in [6.45, 7) is 3.16. The first-order valence-electron chi connectivity index (χ1n) is 8.85. The van der Waals surface area contributed by atoms with Crippen molar-refractivity contribution in [1.82, 2.24) is 29.8 Å². The van der Waals surface area contributed by atoms with Crippen molar-refractivity contribution in [3.05, 3.63) is 59.3 Å². The summed E-state index contributed by atoms with van der Waals surface area (Å²) in [5.41, 5.74) is 3.40. The predicted molar refractivity (Wildman–Crippen MR) is 98.6 cm³/mol. The molecule has 2 amide bonds. The van der Waals surface area contributed by atoms with Crippen LogP contribution >= 0.6 is 0 Å². The molecule has 1 aliphatic heterocycles. The molecule has 0 spiro atoms. The summed E-state index contributed by atoms with van der Waals surface area (Å²) in [7, 11) is 1.58. The number of aryl methyl sites for hydroxylation is 1. The van der Waals surface area contributed by atoms with Crippen LogP contribution in [0.3, 0.4) is 0 Å². The van der Waals surface area contributed by atoms with Gasteiger partial charge in [0.15, 0.2) is 5.65 Å². The molecule has 8 heteroatoms. The first-order valence-corrected chi connectivity index (χ1v) is 8.85. The summed E-state index contributed by atoms with van der Waals surface area (Å²) in [5, 5.41) is 6.95. The van der Waals surface area contributed by atoms with Crippen LogP contribution in [0.4, 0.5) is 0 Å². The highest BCUT2D eigenvalue weighted by molar-refractivity contribution is 5.99. The first-order chi connectivity index (χ1) is 13.1. The molecule has 138 valence electrons. The fraction of sp³-hybridized carbons (Fsp3) is 0.316. The fourth-order valence-electron chi connectivity index (χ4n) is 3.48. The summed E-state index contributed by atoms with van der Waals surface area (Å²) in [4.78, 5) is 35.1. The van der Waals surface area contributed by atoms with Gasteiger partial charge >= 0.3 is 0 Å². The SMILES string of the molecule is CNC(=O)c1cnn2c([C@H]3CCN(C(=O)c4ccc(C)nc4)C3)ccnc12. The molecule has 1 saturated heterocycles. The average Bonchev–Trinajstić information content (AvgIpc) is 3.34. The summed E-state index contributed by atoms with van der Waals surface area (Å²) in [6, 6.07) is 5.56. The van der Waals surface area contributed by atoms with Gasteiger partial charge in [-0.25, -0.2) is 9.50 Å². The number of nitrogens with one attached hydrogen (secondary N) is 1. The van der Waals surface area contributed by atoms with Crippen LogP contribution in [-0.2, 0) is 0 Å². The molecule has 0 aromatic carbocycles. The average molecular weight is 364 g/mol. The second-order valence-corrected chi connectivity index (χ2v) is 6.67. The van der Waals surface area contributed by atoms with Crippen LogP contribution in [0.15, 0.2) is 36.8 Å². The van der Waals surface area contributed by atoms with E-state index in [2.05, 4.69) is 20.4 Å². The van der Waals surface area contributed by atoms with E-state index >= 15 is 0 Å². The minimum absolute atomic E-state index is 0.0122. The molecule has 1 atom stereocenters. The third-order valence-corrected chi connectivity index (χ3v) is 4.95. The molecule has 1 aliphatic rings. The lowest BCUT2D eigenvalue weighted by molar-refractivity contribution is 0.0790. The van der Waals surface area contributed by atoms with Crippen molar-refractivity contribution in [1.29, 1.82) is 0 Å². The van der Waals surface area contributed by atoms with Gasteiger partial charge in [-0.15, -0.1) is 0 Å². The molecule has 0 unspecified atom stereocenters. The molecule has 3 aromatic heterocycles. The molecule has 4 rings (SSSR count). The fourth-order valence-corrected chi connectivity index (χ4v) is 3.48. The van der Waals surface area contributed by atoms with Crippen molar-refractivity contribution in [2.45, 2.75) is 19.3 Å². The van der Waals surface area contributed by atoms with E-state index in [-0.39, 0.29) is 17.7 Å². The minimum Gasteiger partial charge on any atom is -0.355 e. The molecule has 1 N–H and O–H groups in total. The maximum absolute atomic E-state index is 12.7. The molecule has 0 saturated carbocycles. The van der Waals surface area contributed by atoms with E-state index in [0.29, 0.717) is 29.9 Å². The second kappa shape index (κ2) is 6.79. The number of likely N-dealkylation sites (tertiary alicyclic amines) is 1. The Kier molecular flexibility index (Phi) is 4.31. The van der Waals surface area contributed by atoms with Crippen LogP contribution < -0.4 is 5.32 Å². The number of aromatic nitrogens is 4. The molecule has 0 radical (unpaired) electrons. The highest BCUT2D eigenvalue weighted by Crippen LogP contribution is 2.28. The van der Waals surface area contributed by atoms with Crippen LogP contribution in [0.2, 0.25) is 0 Å². The Balaban J connectivity index is 1.59. The lowest BCUT2D eigenvalue weighted by Crippen LogP contribution is -2.28. The maximum Gasteiger partial charge on any atom is 0.256 e.